The molecule has 0 amide bonds. The monoisotopic (exact) mass is 189 g/mol. The summed E-state index contributed by atoms with van der Waals surface area (Å²) in [6, 6.07) is 2.04. The standard InChI is InChI=1S/C13H19N/c1-11-6-8-13(9-7-11)12(2)5-3-4-10-14/h3-4,6,12-13H,5,7-9H2,1-2H3. The van der Waals surface area contributed by atoms with Gasteiger partial charge in [0, 0.05) is 6.08 Å². The van der Waals surface area contributed by atoms with Crippen LogP contribution in [0, 0.1) is 23.2 Å². The predicted molar refractivity (Wildman–Crippen MR) is 59.6 cm³/mol. The van der Waals surface area contributed by atoms with Gasteiger partial charge in [-0.1, -0.05) is 24.6 Å². The van der Waals surface area contributed by atoms with E-state index >= 15 is 0 Å². The van der Waals surface area contributed by atoms with Gasteiger partial charge in [0.25, 0.3) is 0 Å². The van der Waals surface area contributed by atoms with Crippen molar-refractivity contribution < 1.29 is 0 Å². The number of nitrogens with zero attached hydrogens (tertiary/aromatic N) is 1. The van der Waals surface area contributed by atoms with Gasteiger partial charge in [0.15, 0.2) is 0 Å². The molecule has 0 saturated carbocycles. The van der Waals surface area contributed by atoms with Gasteiger partial charge < -0.3 is 0 Å². The first-order chi connectivity index (χ1) is 6.74. The summed E-state index contributed by atoms with van der Waals surface area (Å²) in [5, 5.41) is 8.38. The zero-order valence-corrected chi connectivity index (χ0v) is 9.16. The van der Waals surface area contributed by atoms with Crippen molar-refractivity contribution in [3.63, 3.8) is 0 Å². The average Bonchev–Trinajstić information content (AvgIpc) is 2.19. The molecule has 0 bridgehead atoms. The Kier molecular flexibility index (Phi) is 4.46. The summed E-state index contributed by atoms with van der Waals surface area (Å²) in [7, 11) is 0. The van der Waals surface area contributed by atoms with Crippen LogP contribution in [0.15, 0.2) is 23.8 Å². The van der Waals surface area contributed by atoms with Gasteiger partial charge in [0.05, 0.1) is 6.07 Å². The highest BCUT2D eigenvalue weighted by Gasteiger charge is 2.17. The van der Waals surface area contributed by atoms with Crippen molar-refractivity contribution in [3.8, 4) is 6.07 Å². The molecular formula is C13H19N. The Hall–Kier alpha value is -1.03. The molecule has 0 aromatic carbocycles. The van der Waals surface area contributed by atoms with Crippen LogP contribution >= 0.6 is 0 Å². The van der Waals surface area contributed by atoms with Gasteiger partial charge in [-0.15, -0.1) is 0 Å². The Labute approximate surface area is 87.1 Å². The highest BCUT2D eigenvalue weighted by molar-refractivity contribution is 5.05. The second-order valence-electron chi connectivity index (χ2n) is 4.33. The molecule has 2 unspecified atom stereocenters. The van der Waals surface area contributed by atoms with Gasteiger partial charge in [-0.2, -0.15) is 5.26 Å². The molecule has 0 aromatic heterocycles. The molecule has 1 rings (SSSR count). The molecule has 76 valence electrons. The molecule has 14 heavy (non-hydrogen) atoms. The zero-order valence-electron chi connectivity index (χ0n) is 9.16. The van der Waals surface area contributed by atoms with E-state index in [9.17, 15) is 0 Å². The van der Waals surface area contributed by atoms with E-state index in [0.29, 0.717) is 5.92 Å². The smallest absolute Gasteiger partial charge is 0.0908 e. The van der Waals surface area contributed by atoms with Crippen LogP contribution in [0.25, 0.3) is 0 Å². The van der Waals surface area contributed by atoms with E-state index in [0.717, 1.165) is 12.3 Å². The van der Waals surface area contributed by atoms with Crippen LogP contribution in [-0.4, -0.2) is 0 Å². The Bertz CT molecular complexity index is 267. The summed E-state index contributed by atoms with van der Waals surface area (Å²) in [5.74, 6) is 1.53. The molecule has 0 aromatic rings. The highest BCUT2D eigenvalue weighted by Crippen LogP contribution is 2.30. The number of hydrogen-bond donors (Lipinski definition) is 0. The summed E-state index contributed by atoms with van der Waals surface area (Å²) in [6.45, 7) is 4.51. The summed E-state index contributed by atoms with van der Waals surface area (Å²) in [5.41, 5.74) is 1.54. The van der Waals surface area contributed by atoms with Crippen molar-refractivity contribution in [3.05, 3.63) is 23.8 Å². The maximum absolute atomic E-state index is 8.38. The molecule has 0 N–H and O–H groups in total. The van der Waals surface area contributed by atoms with Crippen LogP contribution in [0.4, 0.5) is 0 Å². The van der Waals surface area contributed by atoms with Gasteiger partial charge in [-0.25, -0.2) is 0 Å². The highest BCUT2D eigenvalue weighted by atomic mass is 14.2. The van der Waals surface area contributed by atoms with Crippen LogP contribution < -0.4 is 0 Å². The van der Waals surface area contributed by atoms with Crippen molar-refractivity contribution in [2.24, 2.45) is 11.8 Å². The number of allylic oxidation sites excluding steroid dienone is 4. The molecule has 0 fully saturated rings. The quantitative estimate of drug-likeness (QED) is 0.489. The van der Waals surface area contributed by atoms with Crippen LogP contribution in [0.5, 0.6) is 0 Å². The molecule has 2 atom stereocenters. The third-order valence-corrected chi connectivity index (χ3v) is 3.18. The minimum atomic E-state index is 0.712. The molecular weight excluding hydrogens is 170 g/mol. The largest absolute Gasteiger partial charge is 0.193 e. The van der Waals surface area contributed by atoms with E-state index in [-0.39, 0.29) is 0 Å². The maximum atomic E-state index is 8.38. The third kappa shape index (κ3) is 3.38. The van der Waals surface area contributed by atoms with Gasteiger partial charge >= 0.3 is 0 Å². The second kappa shape index (κ2) is 5.65. The van der Waals surface area contributed by atoms with E-state index in [1.54, 1.807) is 11.6 Å². The van der Waals surface area contributed by atoms with E-state index in [1.165, 1.54) is 19.3 Å². The first-order valence-electron chi connectivity index (χ1n) is 5.44. The van der Waals surface area contributed by atoms with Gasteiger partial charge in [-0.3, -0.25) is 0 Å². The van der Waals surface area contributed by atoms with Gasteiger partial charge in [-0.05, 0) is 44.4 Å². The van der Waals surface area contributed by atoms with E-state index in [2.05, 4.69) is 19.9 Å². The summed E-state index contributed by atoms with van der Waals surface area (Å²) in [4.78, 5) is 0. The SMILES string of the molecule is CC1=CCC(C(C)CC=CC#N)CC1. The number of hydrogen-bond acceptors (Lipinski definition) is 1. The van der Waals surface area contributed by atoms with Crippen molar-refractivity contribution in [1.29, 1.82) is 5.26 Å². The lowest BCUT2D eigenvalue weighted by molar-refractivity contribution is 0.330. The lowest BCUT2D eigenvalue weighted by atomic mass is 9.80. The third-order valence-electron chi connectivity index (χ3n) is 3.18. The molecule has 1 nitrogen and oxygen atoms in total. The van der Waals surface area contributed by atoms with Crippen molar-refractivity contribution in [2.75, 3.05) is 0 Å². The van der Waals surface area contributed by atoms with Crippen molar-refractivity contribution in [2.45, 2.75) is 39.5 Å². The molecule has 1 aliphatic carbocycles. The minimum Gasteiger partial charge on any atom is -0.193 e. The van der Waals surface area contributed by atoms with Crippen LogP contribution in [0.1, 0.15) is 39.5 Å². The van der Waals surface area contributed by atoms with E-state index in [4.69, 9.17) is 5.26 Å². The fourth-order valence-corrected chi connectivity index (χ4v) is 2.03. The average molecular weight is 189 g/mol. The summed E-state index contributed by atoms with van der Waals surface area (Å²) >= 11 is 0. The van der Waals surface area contributed by atoms with Crippen LogP contribution in [0.2, 0.25) is 0 Å². The first kappa shape index (κ1) is 11.0. The second-order valence-corrected chi connectivity index (χ2v) is 4.33. The predicted octanol–water partition coefficient (Wildman–Crippen LogP) is 3.84. The van der Waals surface area contributed by atoms with E-state index in [1.807, 2.05) is 12.1 Å². The fourth-order valence-electron chi connectivity index (χ4n) is 2.03. The zero-order chi connectivity index (χ0) is 10.4. The number of nitriles is 1. The maximum Gasteiger partial charge on any atom is 0.0908 e. The first-order valence-corrected chi connectivity index (χ1v) is 5.44. The van der Waals surface area contributed by atoms with Crippen LogP contribution in [-0.2, 0) is 0 Å². The van der Waals surface area contributed by atoms with Gasteiger partial charge in [0.2, 0.25) is 0 Å². The molecule has 1 aliphatic rings. The Morgan fingerprint density at radius 3 is 3.07 bits per heavy atom. The Morgan fingerprint density at radius 2 is 2.50 bits per heavy atom. The fraction of sp³-hybridized carbons (Fsp3) is 0.615. The molecule has 0 saturated heterocycles. The van der Waals surface area contributed by atoms with E-state index < -0.39 is 0 Å². The number of rotatable bonds is 3. The summed E-state index contributed by atoms with van der Waals surface area (Å²) < 4.78 is 0. The lowest BCUT2D eigenvalue weighted by Gasteiger charge is -2.25. The van der Waals surface area contributed by atoms with Crippen molar-refractivity contribution >= 4 is 0 Å². The molecule has 0 radical (unpaired) electrons. The normalized spacial score (nSPS) is 24.4. The minimum absolute atomic E-state index is 0.712. The Morgan fingerprint density at radius 1 is 1.71 bits per heavy atom. The lowest BCUT2D eigenvalue weighted by Crippen LogP contribution is -2.13. The Balaban J connectivity index is 2.35. The molecule has 0 spiro atoms. The summed E-state index contributed by atoms with van der Waals surface area (Å²) in [6.07, 6.45) is 10.8. The van der Waals surface area contributed by atoms with Gasteiger partial charge in [0.1, 0.15) is 0 Å². The molecule has 0 heterocycles. The van der Waals surface area contributed by atoms with Crippen molar-refractivity contribution in [1.82, 2.24) is 0 Å². The molecule has 0 aliphatic heterocycles. The molecule has 1 heteroatoms. The topological polar surface area (TPSA) is 23.8 Å². The van der Waals surface area contributed by atoms with Crippen LogP contribution in [0.3, 0.4) is 0 Å².